The fourth-order valence-corrected chi connectivity index (χ4v) is 3.40. The molecule has 140 valence electrons. The molecule has 27 heavy (non-hydrogen) atoms. The third-order valence-electron chi connectivity index (χ3n) is 5.00. The van der Waals surface area contributed by atoms with E-state index in [9.17, 15) is 9.90 Å². The molecule has 0 aliphatic heterocycles. The van der Waals surface area contributed by atoms with Gasteiger partial charge in [-0.2, -0.15) is 0 Å². The Morgan fingerprint density at radius 1 is 1.19 bits per heavy atom. The van der Waals surface area contributed by atoms with E-state index in [0.29, 0.717) is 18.5 Å². The molecule has 2 atom stereocenters. The first kappa shape index (κ1) is 19.2. The summed E-state index contributed by atoms with van der Waals surface area (Å²) < 4.78 is 4.70. The Balaban J connectivity index is 1.71. The van der Waals surface area contributed by atoms with Gasteiger partial charge in [0.25, 0.3) is 0 Å². The number of carbonyl (C=O) groups is 1. The molecule has 4 heteroatoms. The zero-order chi connectivity index (χ0) is 19.1. The third kappa shape index (κ3) is 4.97. The van der Waals surface area contributed by atoms with Gasteiger partial charge in [0.1, 0.15) is 5.60 Å². The van der Waals surface area contributed by atoms with Gasteiger partial charge in [-0.25, -0.2) is 4.79 Å². The van der Waals surface area contributed by atoms with E-state index in [1.165, 1.54) is 12.7 Å². The molecule has 1 aliphatic rings. The molecule has 0 saturated heterocycles. The van der Waals surface area contributed by atoms with E-state index in [-0.39, 0.29) is 12.0 Å². The summed E-state index contributed by atoms with van der Waals surface area (Å²) in [7, 11) is 1.36. The average molecular weight is 363 g/mol. The standard InChI is InChI=1S/C23H25NO3/c1-27-22(25)20-12-10-18(11-13-20)14-16-23(26)15-6-5-9-21(23)24-17-19-7-3-2-4-8-19/h2-4,7-8,10-13,21,24,26H,5-6,9,15,17H2,1H3/t21-,23+/m0/s1. The molecule has 1 aliphatic carbocycles. The molecular formula is C23H25NO3. The lowest BCUT2D eigenvalue weighted by atomic mass is 9.80. The van der Waals surface area contributed by atoms with Crippen molar-refractivity contribution in [3.8, 4) is 11.8 Å². The summed E-state index contributed by atoms with van der Waals surface area (Å²) in [5.41, 5.74) is 1.40. The van der Waals surface area contributed by atoms with Gasteiger partial charge < -0.3 is 15.2 Å². The summed E-state index contributed by atoms with van der Waals surface area (Å²) in [6, 6.07) is 17.0. The molecule has 0 spiro atoms. The molecule has 4 nitrogen and oxygen atoms in total. The van der Waals surface area contributed by atoms with Crippen molar-refractivity contribution in [2.24, 2.45) is 0 Å². The van der Waals surface area contributed by atoms with Crippen LogP contribution in [-0.2, 0) is 11.3 Å². The normalized spacial score (nSPS) is 21.8. The number of rotatable bonds is 4. The maximum Gasteiger partial charge on any atom is 0.337 e. The monoisotopic (exact) mass is 363 g/mol. The molecular weight excluding hydrogens is 338 g/mol. The lowest BCUT2D eigenvalue weighted by Crippen LogP contribution is -2.51. The topological polar surface area (TPSA) is 58.6 Å². The number of benzene rings is 2. The summed E-state index contributed by atoms with van der Waals surface area (Å²) in [5.74, 6) is 5.80. The largest absolute Gasteiger partial charge is 0.465 e. The van der Waals surface area contributed by atoms with Crippen molar-refractivity contribution < 1.29 is 14.6 Å². The molecule has 0 aromatic heterocycles. The minimum absolute atomic E-state index is 0.0618. The summed E-state index contributed by atoms with van der Waals surface area (Å²) in [6.45, 7) is 0.712. The number of methoxy groups -OCH3 is 1. The zero-order valence-corrected chi connectivity index (χ0v) is 15.6. The van der Waals surface area contributed by atoms with Crippen molar-refractivity contribution in [2.45, 2.75) is 43.9 Å². The summed E-state index contributed by atoms with van der Waals surface area (Å²) >= 11 is 0. The summed E-state index contributed by atoms with van der Waals surface area (Å²) in [4.78, 5) is 11.5. The molecule has 1 fully saturated rings. The fourth-order valence-electron chi connectivity index (χ4n) is 3.40. The number of aliphatic hydroxyl groups is 1. The number of hydrogen-bond donors (Lipinski definition) is 2. The van der Waals surface area contributed by atoms with E-state index in [1.54, 1.807) is 24.3 Å². The van der Waals surface area contributed by atoms with E-state index >= 15 is 0 Å². The van der Waals surface area contributed by atoms with E-state index in [2.05, 4.69) is 29.3 Å². The Bertz CT molecular complexity index is 820. The smallest absolute Gasteiger partial charge is 0.337 e. The van der Waals surface area contributed by atoms with E-state index in [0.717, 1.165) is 24.8 Å². The number of ether oxygens (including phenoxy) is 1. The van der Waals surface area contributed by atoms with Gasteiger partial charge in [0.05, 0.1) is 12.7 Å². The maximum atomic E-state index is 11.5. The van der Waals surface area contributed by atoms with E-state index in [1.807, 2.05) is 18.2 Å². The lowest BCUT2D eigenvalue weighted by molar-refractivity contribution is 0.0254. The second-order valence-electron chi connectivity index (χ2n) is 6.91. The molecule has 1 saturated carbocycles. The van der Waals surface area contributed by atoms with Crippen LogP contribution in [0, 0.1) is 11.8 Å². The first-order valence-corrected chi connectivity index (χ1v) is 9.32. The average Bonchev–Trinajstić information content (AvgIpc) is 2.72. The number of carbonyl (C=O) groups excluding carboxylic acids is 1. The van der Waals surface area contributed by atoms with Gasteiger partial charge in [-0.05, 0) is 49.1 Å². The highest BCUT2D eigenvalue weighted by atomic mass is 16.5. The number of esters is 1. The van der Waals surface area contributed by atoms with Crippen molar-refractivity contribution in [3.63, 3.8) is 0 Å². The highest BCUT2D eigenvalue weighted by Gasteiger charge is 2.37. The first-order chi connectivity index (χ1) is 13.1. The second-order valence-corrected chi connectivity index (χ2v) is 6.91. The van der Waals surface area contributed by atoms with Crippen LogP contribution in [0.2, 0.25) is 0 Å². The quantitative estimate of drug-likeness (QED) is 0.646. The molecule has 2 N–H and O–H groups in total. The van der Waals surface area contributed by atoms with E-state index < -0.39 is 5.60 Å². The molecule has 2 aromatic carbocycles. The minimum atomic E-state index is -1.05. The minimum Gasteiger partial charge on any atom is -0.465 e. The van der Waals surface area contributed by atoms with Crippen LogP contribution in [0.4, 0.5) is 0 Å². The Morgan fingerprint density at radius 2 is 1.93 bits per heavy atom. The highest BCUT2D eigenvalue weighted by Crippen LogP contribution is 2.28. The van der Waals surface area contributed by atoms with Gasteiger partial charge in [0, 0.05) is 18.2 Å². The summed E-state index contributed by atoms with van der Waals surface area (Å²) in [6.07, 6.45) is 3.62. The second kappa shape index (κ2) is 8.85. The van der Waals surface area contributed by atoms with Gasteiger partial charge in [-0.1, -0.05) is 48.6 Å². The van der Waals surface area contributed by atoms with Crippen molar-refractivity contribution in [1.82, 2.24) is 5.32 Å². The molecule has 0 heterocycles. The molecule has 0 unspecified atom stereocenters. The Labute approximate surface area is 160 Å². The number of nitrogens with one attached hydrogen (secondary N) is 1. The zero-order valence-electron chi connectivity index (χ0n) is 15.6. The lowest BCUT2D eigenvalue weighted by Gasteiger charge is -2.36. The maximum absolute atomic E-state index is 11.5. The van der Waals surface area contributed by atoms with Crippen molar-refractivity contribution in [1.29, 1.82) is 0 Å². The molecule has 3 rings (SSSR count). The van der Waals surface area contributed by atoms with Crippen molar-refractivity contribution >= 4 is 5.97 Å². The SMILES string of the molecule is COC(=O)c1ccc(C#C[C@]2(O)CCCC[C@@H]2NCc2ccccc2)cc1. The van der Waals surface area contributed by atoms with Crippen molar-refractivity contribution in [2.75, 3.05) is 7.11 Å². The summed E-state index contributed by atoms with van der Waals surface area (Å²) in [5, 5.41) is 14.6. The molecule has 0 amide bonds. The first-order valence-electron chi connectivity index (χ1n) is 9.32. The Kier molecular flexibility index (Phi) is 6.28. The van der Waals surface area contributed by atoms with Gasteiger partial charge in [-0.15, -0.1) is 0 Å². The van der Waals surface area contributed by atoms with Crippen LogP contribution in [0.25, 0.3) is 0 Å². The predicted octanol–water partition coefficient (Wildman–Crippen LogP) is 3.29. The van der Waals surface area contributed by atoms with Crippen LogP contribution >= 0.6 is 0 Å². The Morgan fingerprint density at radius 3 is 2.63 bits per heavy atom. The molecule has 0 bridgehead atoms. The van der Waals surface area contributed by atoms with E-state index in [4.69, 9.17) is 4.74 Å². The van der Waals surface area contributed by atoms with Gasteiger partial charge in [-0.3, -0.25) is 0 Å². The van der Waals surface area contributed by atoms with Crippen LogP contribution in [-0.4, -0.2) is 29.8 Å². The van der Waals surface area contributed by atoms with Gasteiger partial charge in [0.2, 0.25) is 0 Å². The molecule has 0 radical (unpaired) electrons. The van der Waals surface area contributed by atoms with Crippen LogP contribution in [0.5, 0.6) is 0 Å². The highest BCUT2D eigenvalue weighted by molar-refractivity contribution is 5.89. The van der Waals surface area contributed by atoms with Crippen molar-refractivity contribution in [3.05, 3.63) is 71.3 Å². The van der Waals surface area contributed by atoms with Gasteiger partial charge >= 0.3 is 5.97 Å². The predicted molar refractivity (Wildman–Crippen MR) is 105 cm³/mol. The Hall–Kier alpha value is -2.61. The fraction of sp³-hybridized carbons (Fsp3) is 0.348. The molecule has 2 aromatic rings. The number of hydrogen-bond acceptors (Lipinski definition) is 4. The van der Waals surface area contributed by atoms with Crippen LogP contribution < -0.4 is 5.32 Å². The third-order valence-corrected chi connectivity index (χ3v) is 5.00. The van der Waals surface area contributed by atoms with Crippen LogP contribution in [0.1, 0.15) is 47.2 Å². The van der Waals surface area contributed by atoms with Crippen LogP contribution in [0.3, 0.4) is 0 Å². The van der Waals surface area contributed by atoms with Gasteiger partial charge in [0.15, 0.2) is 0 Å². The van der Waals surface area contributed by atoms with Crippen LogP contribution in [0.15, 0.2) is 54.6 Å².